The third-order valence-corrected chi connectivity index (χ3v) is 8.49. The Morgan fingerprint density at radius 1 is 0.686 bits per heavy atom. The van der Waals surface area contributed by atoms with E-state index < -0.39 is 18.1 Å². The van der Waals surface area contributed by atoms with Gasteiger partial charge in [-0.05, 0) is 90.3 Å². The molecule has 3 aromatic rings. The molecule has 0 heterocycles. The van der Waals surface area contributed by atoms with Crippen LogP contribution in [0, 0.1) is 17.8 Å². The van der Waals surface area contributed by atoms with E-state index in [-0.39, 0.29) is 63.2 Å². The Hall–Kier alpha value is -5.00. The van der Waals surface area contributed by atoms with E-state index in [9.17, 15) is 19.2 Å². The van der Waals surface area contributed by atoms with E-state index in [1.807, 2.05) is 24.3 Å². The maximum Gasteiger partial charge on any atom is 0.513 e. The number of benzene rings is 3. The molecule has 51 heavy (non-hydrogen) atoms. The minimum Gasteiger partial charge on any atom is -0.460 e. The molecular weight excluding hydrogens is 656 g/mol. The predicted octanol–water partition coefficient (Wildman–Crippen LogP) is 7.47. The quantitative estimate of drug-likeness (QED) is 0.0346. The lowest BCUT2D eigenvalue weighted by atomic mass is 9.75. The van der Waals surface area contributed by atoms with Crippen LogP contribution in [0.2, 0.25) is 0 Å². The molecule has 0 radical (unpaired) electrons. The average Bonchev–Trinajstić information content (AvgIpc) is 3.13. The molecule has 1 saturated carbocycles. The second kappa shape index (κ2) is 20.0. The van der Waals surface area contributed by atoms with Gasteiger partial charge in [0, 0.05) is 6.08 Å². The number of hydrogen-bond donors (Lipinski definition) is 0. The van der Waals surface area contributed by atoms with Crippen LogP contribution < -0.4 is 9.47 Å². The van der Waals surface area contributed by atoms with Gasteiger partial charge in [0.25, 0.3) is 0 Å². The van der Waals surface area contributed by atoms with Gasteiger partial charge in [0.05, 0.1) is 37.6 Å². The fraction of sp³-hybridized carbons (Fsp3) is 0.400. The van der Waals surface area contributed by atoms with E-state index in [0.29, 0.717) is 28.9 Å². The highest BCUT2D eigenvalue weighted by Gasteiger charge is 2.33. The van der Waals surface area contributed by atoms with Crippen LogP contribution in [0.1, 0.15) is 60.7 Å². The van der Waals surface area contributed by atoms with E-state index in [1.54, 1.807) is 24.3 Å². The first-order chi connectivity index (χ1) is 24.6. The molecule has 0 aromatic heterocycles. The second-order valence-corrected chi connectivity index (χ2v) is 12.6. The van der Waals surface area contributed by atoms with E-state index in [4.69, 9.17) is 33.2 Å². The van der Waals surface area contributed by atoms with Crippen molar-refractivity contribution >= 4 is 24.1 Å². The third-order valence-electron chi connectivity index (χ3n) is 8.49. The molecule has 1 fully saturated rings. The standard InChI is InChI=1S/C40H46O11/c1-5-37(41)47-24-22-45-20-21-46-23-25-48-40(44)50-34-17-15-33(16-18-34)49-38(42)31-11-7-29(8-12-31)30-9-13-32(14-10-30)39(43)51-36-26-28(4)6-19-35(36)27(2)3/h5,7-18,27-28,35-36H,1,6,19-26H2,2-4H3. The lowest BCUT2D eigenvalue weighted by Crippen LogP contribution is -2.35. The number of esters is 3. The van der Waals surface area contributed by atoms with Crippen molar-refractivity contribution in [2.45, 2.75) is 46.1 Å². The number of ether oxygens (including phenoxy) is 7. The highest BCUT2D eigenvalue weighted by molar-refractivity contribution is 5.92. The first-order valence-electron chi connectivity index (χ1n) is 17.2. The molecule has 0 bridgehead atoms. The molecule has 3 aromatic carbocycles. The van der Waals surface area contributed by atoms with Gasteiger partial charge in [-0.25, -0.2) is 19.2 Å². The summed E-state index contributed by atoms with van der Waals surface area (Å²) in [5.41, 5.74) is 2.64. The highest BCUT2D eigenvalue weighted by atomic mass is 16.7. The van der Waals surface area contributed by atoms with Crippen LogP contribution in [0.15, 0.2) is 85.5 Å². The van der Waals surface area contributed by atoms with Crippen molar-refractivity contribution in [1.29, 1.82) is 0 Å². The summed E-state index contributed by atoms with van der Waals surface area (Å²) in [5, 5.41) is 0. The minimum atomic E-state index is -0.910. The first kappa shape index (κ1) is 38.8. The summed E-state index contributed by atoms with van der Waals surface area (Å²) in [6, 6.07) is 20.2. The van der Waals surface area contributed by atoms with Gasteiger partial charge in [-0.15, -0.1) is 0 Å². The largest absolute Gasteiger partial charge is 0.513 e. The van der Waals surface area contributed by atoms with Crippen molar-refractivity contribution in [3.63, 3.8) is 0 Å². The van der Waals surface area contributed by atoms with Gasteiger partial charge in [-0.2, -0.15) is 0 Å². The van der Waals surface area contributed by atoms with Crippen molar-refractivity contribution in [1.82, 2.24) is 0 Å². The summed E-state index contributed by atoms with van der Waals surface area (Å²) >= 11 is 0. The Bertz CT molecular complexity index is 1580. The Labute approximate surface area is 298 Å². The normalized spacial score (nSPS) is 16.9. The zero-order valence-electron chi connectivity index (χ0n) is 29.4. The molecule has 11 heteroatoms. The molecule has 11 nitrogen and oxygen atoms in total. The van der Waals surface area contributed by atoms with Crippen LogP contribution in [-0.4, -0.2) is 69.8 Å². The van der Waals surface area contributed by atoms with Crippen LogP contribution in [0.25, 0.3) is 11.1 Å². The van der Waals surface area contributed by atoms with Gasteiger partial charge < -0.3 is 33.2 Å². The zero-order chi connectivity index (χ0) is 36.6. The lowest BCUT2D eigenvalue weighted by Gasteiger charge is -2.36. The second-order valence-electron chi connectivity index (χ2n) is 12.6. The number of hydrogen-bond acceptors (Lipinski definition) is 11. The van der Waals surface area contributed by atoms with Gasteiger partial charge in [-0.1, -0.05) is 58.0 Å². The summed E-state index contributed by atoms with van der Waals surface area (Å²) in [5.74, 6) is 0.503. The van der Waals surface area contributed by atoms with Crippen LogP contribution in [-0.2, 0) is 28.5 Å². The topological polar surface area (TPSA) is 133 Å². The van der Waals surface area contributed by atoms with Crippen molar-refractivity contribution < 1.29 is 52.3 Å². The van der Waals surface area contributed by atoms with Crippen LogP contribution in [0.5, 0.6) is 11.5 Å². The Balaban J connectivity index is 1.16. The van der Waals surface area contributed by atoms with Crippen molar-refractivity contribution in [2.24, 2.45) is 17.8 Å². The first-order valence-corrected chi connectivity index (χ1v) is 17.2. The molecule has 0 saturated heterocycles. The van der Waals surface area contributed by atoms with Crippen LogP contribution in [0.4, 0.5) is 4.79 Å². The van der Waals surface area contributed by atoms with Crippen molar-refractivity contribution in [3.05, 3.63) is 96.6 Å². The molecule has 0 N–H and O–H groups in total. The van der Waals surface area contributed by atoms with Gasteiger partial charge >= 0.3 is 24.1 Å². The minimum absolute atomic E-state index is 0.0249. The van der Waals surface area contributed by atoms with Crippen molar-refractivity contribution in [3.8, 4) is 22.6 Å². The molecule has 0 amide bonds. The smallest absolute Gasteiger partial charge is 0.460 e. The monoisotopic (exact) mass is 702 g/mol. The van der Waals surface area contributed by atoms with Crippen LogP contribution in [0.3, 0.4) is 0 Å². The summed E-state index contributed by atoms with van der Waals surface area (Å²) in [6.45, 7) is 10.9. The number of rotatable bonds is 17. The molecule has 1 aliphatic rings. The molecule has 1 aliphatic carbocycles. The maximum absolute atomic E-state index is 13.0. The van der Waals surface area contributed by atoms with E-state index in [0.717, 1.165) is 30.0 Å². The zero-order valence-corrected chi connectivity index (χ0v) is 29.4. The lowest BCUT2D eigenvalue weighted by molar-refractivity contribution is -0.139. The Morgan fingerprint density at radius 3 is 1.75 bits per heavy atom. The number of carbonyl (C=O) groups excluding carboxylic acids is 4. The van der Waals surface area contributed by atoms with E-state index >= 15 is 0 Å². The molecule has 0 spiro atoms. The third kappa shape index (κ3) is 12.7. The molecule has 0 aliphatic heterocycles. The maximum atomic E-state index is 13.0. The van der Waals surface area contributed by atoms with E-state index in [1.165, 1.54) is 30.7 Å². The summed E-state index contributed by atoms with van der Waals surface area (Å²) in [4.78, 5) is 48.6. The van der Waals surface area contributed by atoms with Crippen molar-refractivity contribution in [2.75, 3.05) is 39.6 Å². The molecular formula is C40H46O11. The van der Waals surface area contributed by atoms with Gasteiger partial charge in [0.2, 0.25) is 0 Å². The van der Waals surface area contributed by atoms with Gasteiger partial charge in [0.15, 0.2) is 0 Å². The molecule has 4 rings (SSSR count). The molecule has 3 unspecified atom stereocenters. The van der Waals surface area contributed by atoms with Crippen LogP contribution >= 0.6 is 0 Å². The molecule has 3 atom stereocenters. The predicted molar refractivity (Wildman–Crippen MR) is 189 cm³/mol. The van der Waals surface area contributed by atoms with Gasteiger partial charge in [0.1, 0.15) is 30.8 Å². The molecule has 272 valence electrons. The fourth-order valence-corrected chi connectivity index (χ4v) is 5.69. The summed E-state index contributed by atoms with van der Waals surface area (Å²) in [6.07, 6.45) is 3.25. The summed E-state index contributed by atoms with van der Waals surface area (Å²) in [7, 11) is 0. The SMILES string of the molecule is C=CC(=O)OCCOCCOCCOC(=O)Oc1ccc(OC(=O)c2ccc(-c3ccc(C(=O)OC4CC(C)CCC4C(C)C)cc3)cc2)cc1. The Kier molecular flexibility index (Phi) is 15.2. The Morgan fingerprint density at radius 2 is 1.20 bits per heavy atom. The summed E-state index contributed by atoms with van der Waals surface area (Å²) < 4.78 is 36.9. The highest BCUT2D eigenvalue weighted by Crippen LogP contribution is 2.36. The van der Waals surface area contributed by atoms with Gasteiger partial charge in [-0.3, -0.25) is 0 Å². The average molecular weight is 703 g/mol. The van der Waals surface area contributed by atoms with E-state index in [2.05, 4.69) is 27.4 Å². The number of carbonyl (C=O) groups is 4. The fourth-order valence-electron chi connectivity index (χ4n) is 5.69.